The van der Waals surface area contributed by atoms with Crippen LogP contribution in [0.3, 0.4) is 0 Å². The molecule has 2 N–H and O–H groups in total. The van der Waals surface area contributed by atoms with Gasteiger partial charge < -0.3 is 14.8 Å². The van der Waals surface area contributed by atoms with Crippen LogP contribution in [0.2, 0.25) is 0 Å². The molecule has 166 valence electrons. The average Bonchev–Trinajstić information content (AvgIpc) is 3.29. The molecule has 0 unspecified atom stereocenters. The number of nitrogens with one attached hydrogen (secondary N) is 1. The number of aromatic carboxylic acids is 1. The van der Waals surface area contributed by atoms with Crippen LogP contribution in [0.4, 0.5) is 8.78 Å². The van der Waals surface area contributed by atoms with Crippen LogP contribution in [-0.4, -0.2) is 26.8 Å². The van der Waals surface area contributed by atoms with Crippen LogP contribution in [0, 0.1) is 18.6 Å². The molecule has 2 aromatic heterocycles. The van der Waals surface area contributed by atoms with Gasteiger partial charge >= 0.3 is 5.97 Å². The minimum atomic E-state index is -1.08. The highest BCUT2D eigenvalue weighted by Crippen LogP contribution is 2.29. The van der Waals surface area contributed by atoms with Gasteiger partial charge in [0.2, 0.25) is 0 Å². The SMILES string of the molecule is Cc1ccc(F)c(CC(=O)c2ccc(F)c(Oc3ccnc(-c4cc(C(=O)O)c[nH]4)c3)c2)c1. The van der Waals surface area contributed by atoms with Crippen molar-refractivity contribution >= 4 is 11.8 Å². The Morgan fingerprint density at radius 1 is 1.00 bits per heavy atom. The highest BCUT2D eigenvalue weighted by atomic mass is 19.1. The number of hydrogen-bond acceptors (Lipinski definition) is 4. The molecule has 0 aliphatic heterocycles. The van der Waals surface area contributed by atoms with Gasteiger partial charge in [0.15, 0.2) is 17.3 Å². The quantitative estimate of drug-likeness (QED) is 0.360. The Hall–Kier alpha value is -4.33. The maximum Gasteiger partial charge on any atom is 0.337 e. The average molecular weight is 448 g/mol. The number of carboxylic acids is 1. The summed E-state index contributed by atoms with van der Waals surface area (Å²) in [6.45, 7) is 1.80. The fraction of sp³-hybridized carbons (Fsp3) is 0.0800. The van der Waals surface area contributed by atoms with Crippen LogP contribution in [0.15, 0.2) is 67.0 Å². The second-order valence-electron chi connectivity index (χ2n) is 7.43. The van der Waals surface area contributed by atoms with Crippen molar-refractivity contribution in [1.29, 1.82) is 0 Å². The number of carbonyl (C=O) groups excluding carboxylic acids is 1. The summed E-state index contributed by atoms with van der Waals surface area (Å²) in [6.07, 6.45) is 2.59. The molecule has 0 saturated carbocycles. The van der Waals surface area contributed by atoms with E-state index in [9.17, 15) is 18.4 Å². The first-order valence-electron chi connectivity index (χ1n) is 9.94. The summed E-state index contributed by atoms with van der Waals surface area (Å²) in [6, 6.07) is 12.6. The summed E-state index contributed by atoms with van der Waals surface area (Å²) in [4.78, 5) is 30.7. The molecule has 8 heteroatoms. The van der Waals surface area contributed by atoms with Crippen LogP contribution >= 0.6 is 0 Å². The lowest BCUT2D eigenvalue weighted by Gasteiger charge is -2.10. The van der Waals surface area contributed by atoms with Crippen molar-refractivity contribution in [1.82, 2.24) is 9.97 Å². The lowest BCUT2D eigenvalue weighted by Crippen LogP contribution is -2.06. The van der Waals surface area contributed by atoms with Crippen LogP contribution in [-0.2, 0) is 6.42 Å². The number of pyridine rings is 1. The number of hydrogen-bond donors (Lipinski definition) is 2. The number of carbonyl (C=O) groups is 2. The Morgan fingerprint density at radius 2 is 1.79 bits per heavy atom. The molecule has 0 aliphatic carbocycles. The summed E-state index contributed by atoms with van der Waals surface area (Å²) in [5, 5.41) is 9.06. The number of carboxylic acid groups (broad SMARTS) is 1. The molecule has 6 nitrogen and oxygen atoms in total. The van der Waals surface area contributed by atoms with E-state index in [1.54, 1.807) is 19.1 Å². The standard InChI is InChI=1S/C25H18F2N2O4/c1-14-2-4-19(26)16(8-14)10-23(30)15-3-5-20(27)24(11-15)33-18-6-7-28-22(12-18)21-9-17(13-29-21)25(31)32/h2-9,11-13,29H,10H2,1H3,(H,31,32). The number of ether oxygens (including phenoxy) is 1. The van der Waals surface area contributed by atoms with E-state index in [2.05, 4.69) is 9.97 Å². The fourth-order valence-corrected chi connectivity index (χ4v) is 3.28. The zero-order valence-electron chi connectivity index (χ0n) is 17.4. The predicted molar refractivity (Wildman–Crippen MR) is 117 cm³/mol. The Bertz CT molecular complexity index is 1360. The van der Waals surface area contributed by atoms with E-state index in [1.165, 1.54) is 48.8 Å². The smallest absolute Gasteiger partial charge is 0.337 e. The molecule has 33 heavy (non-hydrogen) atoms. The summed E-state index contributed by atoms with van der Waals surface area (Å²) in [7, 11) is 0. The van der Waals surface area contributed by atoms with Crippen LogP contribution in [0.1, 0.15) is 31.8 Å². The fourth-order valence-electron chi connectivity index (χ4n) is 3.28. The van der Waals surface area contributed by atoms with Gasteiger partial charge in [-0.05, 0) is 48.9 Å². The van der Waals surface area contributed by atoms with Crippen molar-refractivity contribution in [3.63, 3.8) is 0 Å². The van der Waals surface area contributed by atoms with Crippen molar-refractivity contribution in [2.24, 2.45) is 0 Å². The number of aromatic nitrogens is 2. The summed E-state index contributed by atoms with van der Waals surface area (Å²) < 4.78 is 34.1. The molecule has 0 atom stereocenters. The van der Waals surface area contributed by atoms with Crippen LogP contribution in [0.25, 0.3) is 11.4 Å². The van der Waals surface area contributed by atoms with Gasteiger partial charge in [0.25, 0.3) is 0 Å². The van der Waals surface area contributed by atoms with Crippen molar-refractivity contribution in [2.45, 2.75) is 13.3 Å². The number of halogens is 2. The van der Waals surface area contributed by atoms with Gasteiger partial charge in [0, 0.05) is 30.4 Å². The Balaban J connectivity index is 1.56. The van der Waals surface area contributed by atoms with E-state index in [1.807, 2.05) is 0 Å². The summed E-state index contributed by atoms with van der Waals surface area (Å²) in [5.74, 6) is -2.57. The number of rotatable bonds is 7. The molecule has 0 saturated heterocycles. The number of ketones is 1. The van der Waals surface area contributed by atoms with Gasteiger partial charge in [-0.3, -0.25) is 9.78 Å². The zero-order chi connectivity index (χ0) is 23.5. The lowest BCUT2D eigenvalue weighted by molar-refractivity contribution is 0.0697. The monoisotopic (exact) mass is 448 g/mol. The molecule has 2 heterocycles. The number of aromatic amines is 1. The second kappa shape index (κ2) is 9.04. The van der Waals surface area contributed by atoms with Crippen molar-refractivity contribution in [3.8, 4) is 22.9 Å². The zero-order valence-corrected chi connectivity index (χ0v) is 17.4. The number of nitrogens with zero attached hydrogens (tertiary/aromatic N) is 1. The van der Waals surface area contributed by atoms with Gasteiger partial charge in [0.05, 0.1) is 17.0 Å². The third kappa shape index (κ3) is 4.95. The molecule has 0 bridgehead atoms. The second-order valence-corrected chi connectivity index (χ2v) is 7.43. The molecule has 2 aromatic carbocycles. The minimum Gasteiger partial charge on any atom is -0.478 e. The normalized spacial score (nSPS) is 10.8. The molecule has 0 spiro atoms. The molecule has 0 amide bonds. The van der Waals surface area contributed by atoms with Gasteiger partial charge in [-0.1, -0.05) is 17.7 Å². The van der Waals surface area contributed by atoms with E-state index in [0.29, 0.717) is 11.4 Å². The number of benzene rings is 2. The number of Topliss-reactive ketones (excluding diaryl/α,β-unsaturated/α-hetero) is 1. The molecule has 0 radical (unpaired) electrons. The largest absolute Gasteiger partial charge is 0.478 e. The summed E-state index contributed by atoms with van der Waals surface area (Å²) in [5.41, 5.74) is 2.17. The third-order valence-corrected chi connectivity index (χ3v) is 4.97. The summed E-state index contributed by atoms with van der Waals surface area (Å²) >= 11 is 0. The van der Waals surface area contributed by atoms with E-state index < -0.39 is 17.6 Å². The van der Waals surface area contributed by atoms with Gasteiger partial charge in [-0.2, -0.15) is 0 Å². The first kappa shape index (κ1) is 21.9. The Morgan fingerprint density at radius 3 is 2.55 bits per heavy atom. The van der Waals surface area contributed by atoms with E-state index in [0.717, 1.165) is 11.6 Å². The van der Waals surface area contributed by atoms with Gasteiger partial charge in [-0.15, -0.1) is 0 Å². The van der Waals surface area contributed by atoms with Crippen LogP contribution < -0.4 is 4.74 Å². The molecule has 0 fully saturated rings. The molecule has 0 aliphatic rings. The highest BCUT2D eigenvalue weighted by Gasteiger charge is 2.15. The Kier molecular flexibility index (Phi) is 5.99. The van der Waals surface area contributed by atoms with E-state index in [4.69, 9.17) is 9.84 Å². The first-order valence-corrected chi connectivity index (χ1v) is 9.94. The van der Waals surface area contributed by atoms with Crippen molar-refractivity contribution in [3.05, 3.63) is 101 Å². The minimum absolute atomic E-state index is 0.0698. The van der Waals surface area contributed by atoms with E-state index >= 15 is 0 Å². The molecule has 4 rings (SSSR count). The number of H-pyrrole nitrogens is 1. The number of aryl methyl sites for hydroxylation is 1. The lowest BCUT2D eigenvalue weighted by atomic mass is 10.0. The molecule has 4 aromatic rings. The first-order chi connectivity index (χ1) is 15.8. The molecular weight excluding hydrogens is 430 g/mol. The van der Waals surface area contributed by atoms with E-state index in [-0.39, 0.29) is 40.4 Å². The third-order valence-electron chi connectivity index (χ3n) is 4.97. The topological polar surface area (TPSA) is 92.3 Å². The van der Waals surface area contributed by atoms with Gasteiger partial charge in [0.1, 0.15) is 11.6 Å². The maximum absolute atomic E-state index is 14.4. The predicted octanol–water partition coefficient (Wildman–Crippen LogP) is 5.58. The van der Waals surface area contributed by atoms with Crippen LogP contribution in [0.5, 0.6) is 11.5 Å². The van der Waals surface area contributed by atoms with Crippen molar-refractivity contribution in [2.75, 3.05) is 0 Å². The van der Waals surface area contributed by atoms with Crippen molar-refractivity contribution < 1.29 is 28.2 Å². The highest BCUT2D eigenvalue weighted by molar-refractivity contribution is 5.98. The maximum atomic E-state index is 14.4. The Labute approximate surface area is 187 Å². The van der Waals surface area contributed by atoms with Gasteiger partial charge in [-0.25, -0.2) is 13.6 Å². The molecular formula is C25H18F2N2O4.